The van der Waals surface area contributed by atoms with Crippen molar-refractivity contribution in [1.82, 2.24) is 14.3 Å². The van der Waals surface area contributed by atoms with Gasteiger partial charge in [0.15, 0.2) is 0 Å². The molecule has 0 atom stereocenters. The van der Waals surface area contributed by atoms with Crippen molar-refractivity contribution in [2.24, 2.45) is 0 Å². The number of aromatic nitrogens is 2. The van der Waals surface area contributed by atoms with Crippen LogP contribution in [0.2, 0.25) is 0 Å². The lowest BCUT2D eigenvalue weighted by molar-refractivity contribution is 0.142. The summed E-state index contributed by atoms with van der Waals surface area (Å²) in [5.74, 6) is -1.20. The van der Waals surface area contributed by atoms with Crippen LogP contribution in [-0.2, 0) is 21.4 Å². The molecule has 2 heterocycles. The molecular formula is C23H20F2N4O4S. The third-order valence-electron chi connectivity index (χ3n) is 5.00. The molecule has 0 aliphatic carbocycles. The van der Waals surface area contributed by atoms with Crippen molar-refractivity contribution in [3.8, 4) is 0 Å². The van der Waals surface area contributed by atoms with Crippen molar-refractivity contribution in [3.05, 3.63) is 83.7 Å². The molecule has 2 aromatic heterocycles. The highest BCUT2D eigenvalue weighted by Crippen LogP contribution is 2.29. The van der Waals surface area contributed by atoms with E-state index >= 15 is 0 Å². The molecule has 0 bridgehead atoms. The first-order valence-electron chi connectivity index (χ1n) is 10.1. The number of fused-ring (bicyclic) bond motifs is 1. The number of nitrogens with zero attached hydrogens (tertiary/aromatic N) is 2. The number of ether oxygens (including phenoxy) is 1. The quantitative estimate of drug-likeness (QED) is 0.417. The Morgan fingerprint density at radius 2 is 1.94 bits per heavy atom. The van der Waals surface area contributed by atoms with Crippen LogP contribution in [0.25, 0.3) is 11.0 Å². The summed E-state index contributed by atoms with van der Waals surface area (Å²) < 4.78 is 60.7. The highest BCUT2D eigenvalue weighted by atomic mass is 32.2. The fourth-order valence-electron chi connectivity index (χ4n) is 3.35. The van der Waals surface area contributed by atoms with Gasteiger partial charge >= 0.3 is 6.09 Å². The van der Waals surface area contributed by atoms with Gasteiger partial charge in [0.25, 0.3) is 10.0 Å². The summed E-state index contributed by atoms with van der Waals surface area (Å²) in [6.45, 7) is 1.50. The van der Waals surface area contributed by atoms with E-state index in [2.05, 4.69) is 15.6 Å². The molecule has 0 aliphatic rings. The molecule has 11 heteroatoms. The third-order valence-corrected chi connectivity index (χ3v) is 6.67. The first-order chi connectivity index (χ1) is 16.2. The molecule has 0 radical (unpaired) electrons. The van der Waals surface area contributed by atoms with Crippen molar-refractivity contribution in [3.63, 3.8) is 0 Å². The minimum atomic E-state index is -4.24. The molecule has 0 spiro atoms. The van der Waals surface area contributed by atoms with Gasteiger partial charge < -0.3 is 15.4 Å². The van der Waals surface area contributed by atoms with E-state index < -0.39 is 27.8 Å². The summed E-state index contributed by atoms with van der Waals surface area (Å²) in [4.78, 5) is 15.6. The summed E-state index contributed by atoms with van der Waals surface area (Å²) in [7, 11) is -2.85. The fraction of sp³-hybridized carbons (Fsp3) is 0.130. The van der Waals surface area contributed by atoms with E-state index in [0.29, 0.717) is 11.3 Å². The lowest BCUT2D eigenvalue weighted by atomic mass is 10.2. The largest absolute Gasteiger partial charge is 0.445 e. The normalized spacial score (nSPS) is 11.4. The second kappa shape index (κ2) is 9.10. The van der Waals surface area contributed by atoms with Crippen LogP contribution in [0.4, 0.5) is 25.0 Å². The summed E-state index contributed by atoms with van der Waals surface area (Å²) in [5, 5.41) is 5.19. The fourth-order valence-corrected chi connectivity index (χ4v) is 4.75. The van der Waals surface area contributed by atoms with E-state index in [0.717, 1.165) is 21.7 Å². The van der Waals surface area contributed by atoms with Gasteiger partial charge in [0.1, 0.15) is 18.2 Å². The molecule has 4 rings (SSSR count). The van der Waals surface area contributed by atoms with Gasteiger partial charge in [0.05, 0.1) is 33.5 Å². The maximum absolute atomic E-state index is 14.3. The maximum Gasteiger partial charge on any atom is 0.407 e. The summed E-state index contributed by atoms with van der Waals surface area (Å²) in [6, 6.07) is 10.7. The topological polar surface area (TPSA) is 102 Å². The average Bonchev–Trinajstić information content (AvgIpc) is 3.18. The Kier molecular flexibility index (Phi) is 6.20. The second-order valence-corrected chi connectivity index (χ2v) is 9.25. The van der Waals surface area contributed by atoms with E-state index in [4.69, 9.17) is 4.74 Å². The molecule has 34 heavy (non-hydrogen) atoms. The number of halogens is 2. The van der Waals surface area contributed by atoms with Gasteiger partial charge in [-0.25, -0.2) is 26.0 Å². The maximum atomic E-state index is 14.3. The van der Waals surface area contributed by atoms with E-state index in [-0.39, 0.29) is 28.2 Å². The lowest BCUT2D eigenvalue weighted by Crippen LogP contribution is -2.18. The molecule has 0 saturated heterocycles. The van der Waals surface area contributed by atoms with E-state index in [1.165, 1.54) is 43.7 Å². The predicted molar refractivity (Wildman–Crippen MR) is 122 cm³/mol. The molecule has 0 unspecified atom stereocenters. The van der Waals surface area contributed by atoms with Crippen molar-refractivity contribution < 1.29 is 26.7 Å². The molecular weight excluding hydrogens is 466 g/mol. The first kappa shape index (κ1) is 23.2. The SMILES string of the molecule is CNC(=O)OCc1cn(S(=O)(=O)c2cccc(F)c2)c2cc(Nc3ccc(C)cc3F)cnc12. The number of alkyl carbamates (subject to hydrolysis) is 1. The summed E-state index contributed by atoms with van der Waals surface area (Å²) in [5.41, 5.74) is 1.94. The Balaban J connectivity index is 1.83. The minimum absolute atomic E-state index is 0.136. The number of hydrogen-bond donors (Lipinski definition) is 2. The van der Waals surface area contributed by atoms with Crippen LogP contribution in [0.3, 0.4) is 0 Å². The van der Waals surface area contributed by atoms with Crippen LogP contribution in [-0.4, -0.2) is 30.5 Å². The van der Waals surface area contributed by atoms with Gasteiger partial charge in [-0.15, -0.1) is 0 Å². The zero-order valence-corrected chi connectivity index (χ0v) is 19.0. The van der Waals surface area contributed by atoms with Crippen molar-refractivity contribution in [1.29, 1.82) is 0 Å². The third kappa shape index (κ3) is 4.55. The summed E-state index contributed by atoms with van der Waals surface area (Å²) >= 11 is 0. The highest BCUT2D eigenvalue weighted by molar-refractivity contribution is 7.90. The van der Waals surface area contributed by atoms with Crippen molar-refractivity contribution in [2.45, 2.75) is 18.4 Å². The van der Waals surface area contributed by atoms with Crippen LogP contribution in [0.1, 0.15) is 11.1 Å². The molecule has 0 aliphatic heterocycles. The van der Waals surface area contributed by atoms with Crippen LogP contribution in [0.5, 0.6) is 0 Å². The molecule has 1 amide bonds. The molecule has 0 saturated carbocycles. The Bertz CT molecular complexity index is 1500. The van der Waals surface area contributed by atoms with Crippen LogP contribution < -0.4 is 10.6 Å². The molecule has 176 valence electrons. The van der Waals surface area contributed by atoms with Crippen LogP contribution in [0.15, 0.2) is 65.8 Å². The number of carbonyl (C=O) groups excluding carboxylic acids is 1. The van der Waals surface area contributed by atoms with Crippen LogP contribution >= 0.6 is 0 Å². The summed E-state index contributed by atoms with van der Waals surface area (Å²) in [6.07, 6.45) is 1.96. The van der Waals surface area contributed by atoms with Crippen LogP contribution in [0, 0.1) is 18.6 Å². The number of hydrogen-bond acceptors (Lipinski definition) is 6. The number of benzene rings is 2. The zero-order chi connectivity index (χ0) is 24.5. The number of carbonyl (C=O) groups is 1. The van der Waals surface area contributed by atoms with Gasteiger partial charge in [-0.2, -0.15) is 0 Å². The van der Waals surface area contributed by atoms with E-state index in [1.54, 1.807) is 19.1 Å². The van der Waals surface area contributed by atoms with Gasteiger partial charge in [-0.05, 0) is 48.9 Å². The second-order valence-electron chi connectivity index (χ2n) is 7.44. The van der Waals surface area contributed by atoms with E-state index in [9.17, 15) is 22.0 Å². The number of anilines is 2. The van der Waals surface area contributed by atoms with E-state index in [1.807, 2.05) is 0 Å². The Morgan fingerprint density at radius 3 is 2.65 bits per heavy atom. The smallest absolute Gasteiger partial charge is 0.407 e. The number of nitrogens with one attached hydrogen (secondary N) is 2. The molecule has 4 aromatic rings. The zero-order valence-electron chi connectivity index (χ0n) is 18.2. The Labute approximate surface area is 194 Å². The van der Waals surface area contributed by atoms with Crippen molar-refractivity contribution in [2.75, 3.05) is 12.4 Å². The molecule has 8 nitrogen and oxygen atoms in total. The standard InChI is InChI=1S/C23H20F2N4O4S/c1-14-6-7-20(19(25)8-14)28-17-10-21-22(27-11-17)15(13-33-23(30)26-2)12-29(21)34(31,32)18-5-3-4-16(24)9-18/h3-12,28H,13H2,1-2H3,(H,26,30). The highest BCUT2D eigenvalue weighted by Gasteiger charge is 2.23. The van der Waals surface area contributed by atoms with Gasteiger partial charge in [0.2, 0.25) is 0 Å². The molecule has 2 aromatic carbocycles. The first-order valence-corrected chi connectivity index (χ1v) is 11.5. The van der Waals surface area contributed by atoms with Crippen molar-refractivity contribution >= 4 is 38.5 Å². The van der Waals surface area contributed by atoms with Gasteiger partial charge in [-0.3, -0.25) is 4.98 Å². The molecule has 2 N–H and O–H groups in total. The number of aryl methyl sites for hydroxylation is 1. The van der Waals surface area contributed by atoms with Gasteiger partial charge in [-0.1, -0.05) is 12.1 Å². The lowest BCUT2D eigenvalue weighted by Gasteiger charge is -2.10. The number of amides is 1. The number of rotatable bonds is 6. The Hall–Kier alpha value is -3.99. The molecule has 0 fully saturated rings. The average molecular weight is 487 g/mol. The predicted octanol–water partition coefficient (Wildman–Crippen LogP) is 4.46. The monoisotopic (exact) mass is 486 g/mol. The number of pyridine rings is 1. The van der Waals surface area contributed by atoms with Gasteiger partial charge in [0, 0.05) is 18.8 Å². The minimum Gasteiger partial charge on any atom is -0.445 e. The Morgan fingerprint density at radius 1 is 1.15 bits per heavy atom.